The van der Waals surface area contributed by atoms with Crippen LogP contribution in [0.3, 0.4) is 0 Å². The van der Waals surface area contributed by atoms with E-state index in [0.29, 0.717) is 24.7 Å². The molecular formula is C13H16N2O4. The Morgan fingerprint density at radius 2 is 2.11 bits per heavy atom. The molecule has 1 aromatic rings. The summed E-state index contributed by atoms with van der Waals surface area (Å²) in [6.07, 6.45) is 3.58. The van der Waals surface area contributed by atoms with Gasteiger partial charge in [0, 0.05) is 19.0 Å². The van der Waals surface area contributed by atoms with Crippen LogP contribution in [-0.2, 0) is 19.0 Å². The zero-order valence-corrected chi connectivity index (χ0v) is 10.9. The summed E-state index contributed by atoms with van der Waals surface area (Å²) in [5, 5.41) is 2.71. The highest BCUT2D eigenvalue weighted by atomic mass is 16.5. The van der Waals surface area contributed by atoms with Crippen molar-refractivity contribution in [2.24, 2.45) is 0 Å². The summed E-state index contributed by atoms with van der Waals surface area (Å²) in [7, 11) is 3.07. The molecule has 1 aliphatic heterocycles. The van der Waals surface area contributed by atoms with Crippen molar-refractivity contribution in [3.05, 3.63) is 41.2 Å². The molecule has 2 N–H and O–H groups in total. The molecule has 6 nitrogen and oxygen atoms in total. The number of carbonyl (C=O) groups is 1. The monoisotopic (exact) mass is 264 g/mol. The minimum absolute atomic E-state index is 0.178. The lowest BCUT2D eigenvalue weighted by atomic mass is 10.3. The van der Waals surface area contributed by atoms with Gasteiger partial charge in [0.25, 0.3) is 5.91 Å². The molecule has 0 atom stereocenters. The van der Waals surface area contributed by atoms with E-state index in [1.165, 1.54) is 7.11 Å². The van der Waals surface area contributed by atoms with Crippen LogP contribution in [0.4, 0.5) is 0 Å². The maximum absolute atomic E-state index is 11.8. The van der Waals surface area contributed by atoms with E-state index in [2.05, 4.69) is 10.3 Å². The van der Waals surface area contributed by atoms with Gasteiger partial charge in [0.1, 0.15) is 6.61 Å². The van der Waals surface area contributed by atoms with E-state index >= 15 is 0 Å². The smallest absolute Gasteiger partial charge is 0.294 e. The van der Waals surface area contributed by atoms with Crippen molar-refractivity contribution in [2.45, 2.75) is 0 Å². The average Bonchev–Trinajstić information content (AvgIpc) is 2.99. The van der Waals surface area contributed by atoms with Crippen LogP contribution >= 0.6 is 0 Å². The lowest BCUT2D eigenvalue weighted by Crippen LogP contribution is -2.18. The summed E-state index contributed by atoms with van der Waals surface area (Å²) in [4.78, 5) is 14.8. The Morgan fingerprint density at radius 3 is 2.74 bits per heavy atom. The third-order valence-electron chi connectivity index (χ3n) is 2.57. The molecule has 102 valence electrons. The van der Waals surface area contributed by atoms with Crippen LogP contribution in [0.1, 0.15) is 5.69 Å². The molecule has 0 unspecified atom stereocenters. The first-order chi connectivity index (χ1) is 9.26. The molecule has 0 fully saturated rings. The van der Waals surface area contributed by atoms with Crippen molar-refractivity contribution in [3.63, 3.8) is 0 Å². The van der Waals surface area contributed by atoms with E-state index in [1.54, 1.807) is 19.4 Å². The molecule has 1 aliphatic rings. The number of carbonyl (C=O) groups excluding carboxylic acids is 1. The van der Waals surface area contributed by atoms with Gasteiger partial charge in [-0.15, -0.1) is 0 Å². The van der Waals surface area contributed by atoms with Gasteiger partial charge in [-0.2, -0.15) is 0 Å². The van der Waals surface area contributed by atoms with Gasteiger partial charge in [0.2, 0.25) is 5.76 Å². The van der Waals surface area contributed by atoms with Gasteiger partial charge in [-0.3, -0.25) is 4.79 Å². The molecule has 0 bridgehead atoms. The normalized spacial score (nSPS) is 16.9. The van der Waals surface area contributed by atoms with Crippen LogP contribution in [0.2, 0.25) is 0 Å². The maximum Gasteiger partial charge on any atom is 0.294 e. The van der Waals surface area contributed by atoms with Gasteiger partial charge < -0.3 is 24.5 Å². The Hall–Kier alpha value is -2.21. The van der Waals surface area contributed by atoms with E-state index in [1.807, 2.05) is 12.1 Å². The second-order valence-corrected chi connectivity index (χ2v) is 3.84. The molecule has 19 heavy (non-hydrogen) atoms. The molecule has 0 aromatic carbocycles. The standard InChI is InChI=1S/C13H16N2O4/c1-17-6-7-19-12-11(18-2)10(15-13(12)16)8-9-4-3-5-14-9/h3-5,8,14H,6-7H2,1-2H3,(H,15,16). The van der Waals surface area contributed by atoms with Crippen molar-refractivity contribution in [1.82, 2.24) is 10.3 Å². The first kappa shape index (κ1) is 13.2. The summed E-state index contributed by atoms with van der Waals surface area (Å²) in [6, 6.07) is 3.76. The fraction of sp³-hybridized carbons (Fsp3) is 0.308. The Morgan fingerprint density at radius 1 is 1.26 bits per heavy atom. The first-order valence-electron chi connectivity index (χ1n) is 5.83. The van der Waals surface area contributed by atoms with Crippen LogP contribution in [-0.4, -0.2) is 38.3 Å². The zero-order chi connectivity index (χ0) is 13.7. The molecule has 2 rings (SSSR count). The van der Waals surface area contributed by atoms with E-state index in [9.17, 15) is 4.79 Å². The van der Waals surface area contributed by atoms with Crippen LogP contribution in [0.15, 0.2) is 35.5 Å². The summed E-state index contributed by atoms with van der Waals surface area (Å²) in [5.41, 5.74) is 1.44. The third kappa shape index (κ3) is 2.97. The lowest BCUT2D eigenvalue weighted by Gasteiger charge is -2.06. The summed E-state index contributed by atoms with van der Waals surface area (Å²) in [5.74, 6) is 0.263. The predicted octanol–water partition coefficient (Wildman–Crippen LogP) is 1.01. The van der Waals surface area contributed by atoms with Gasteiger partial charge in [-0.1, -0.05) is 0 Å². The zero-order valence-electron chi connectivity index (χ0n) is 10.9. The number of hydrogen-bond acceptors (Lipinski definition) is 4. The van der Waals surface area contributed by atoms with Crippen LogP contribution < -0.4 is 5.32 Å². The van der Waals surface area contributed by atoms with Crippen LogP contribution in [0.25, 0.3) is 6.08 Å². The third-order valence-corrected chi connectivity index (χ3v) is 2.57. The van der Waals surface area contributed by atoms with E-state index in [4.69, 9.17) is 14.2 Å². The van der Waals surface area contributed by atoms with Gasteiger partial charge in [-0.05, 0) is 18.2 Å². The SMILES string of the molecule is COCCOC1=C(OC)C(=Cc2ccc[nH]2)NC1=O. The highest BCUT2D eigenvalue weighted by Gasteiger charge is 2.30. The first-order valence-corrected chi connectivity index (χ1v) is 5.83. The molecule has 2 heterocycles. The molecule has 1 aromatic heterocycles. The minimum Gasteiger partial charge on any atom is -0.491 e. The molecule has 0 radical (unpaired) electrons. The molecular weight excluding hydrogens is 248 g/mol. The average molecular weight is 264 g/mol. The van der Waals surface area contributed by atoms with E-state index in [0.717, 1.165) is 5.69 Å². The fourth-order valence-electron chi connectivity index (χ4n) is 1.71. The van der Waals surface area contributed by atoms with Gasteiger partial charge in [0.05, 0.1) is 19.4 Å². The van der Waals surface area contributed by atoms with Crippen molar-refractivity contribution < 1.29 is 19.0 Å². The van der Waals surface area contributed by atoms with Crippen molar-refractivity contribution in [3.8, 4) is 0 Å². The highest BCUT2D eigenvalue weighted by molar-refractivity contribution is 5.99. The van der Waals surface area contributed by atoms with Gasteiger partial charge in [0.15, 0.2) is 5.76 Å². The van der Waals surface area contributed by atoms with Crippen molar-refractivity contribution >= 4 is 12.0 Å². The summed E-state index contributed by atoms with van der Waals surface area (Å²) < 4.78 is 15.5. The second-order valence-electron chi connectivity index (χ2n) is 3.84. The number of hydrogen-bond donors (Lipinski definition) is 2. The molecule has 0 saturated heterocycles. The lowest BCUT2D eigenvalue weighted by molar-refractivity contribution is -0.119. The molecule has 0 aliphatic carbocycles. The fourth-order valence-corrected chi connectivity index (χ4v) is 1.71. The molecule has 6 heteroatoms. The highest BCUT2D eigenvalue weighted by Crippen LogP contribution is 2.23. The number of ether oxygens (including phenoxy) is 3. The Kier molecular flexibility index (Phi) is 4.25. The van der Waals surface area contributed by atoms with Crippen LogP contribution in [0, 0.1) is 0 Å². The quantitative estimate of drug-likeness (QED) is 0.752. The van der Waals surface area contributed by atoms with Crippen LogP contribution in [0.5, 0.6) is 0 Å². The number of methoxy groups -OCH3 is 2. The Labute approximate surface area is 111 Å². The molecule has 0 spiro atoms. The largest absolute Gasteiger partial charge is 0.491 e. The van der Waals surface area contributed by atoms with Gasteiger partial charge in [-0.25, -0.2) is 0 Å². The number of nitrogens with one attached hydrogen (secondary N) is 2. The molecule has 0 saturated carbocycles. The van der Waals surface area contributed by atoms with Crippen molar-refractivity contribution in [2.75, 3.05) is 27.4 Å². The molecule has 1 amide bonds. The number of aromatic amines is 1. The topological polar surface area (TPSA) is 72.6 Å². The maximum atomic E-state index is 11.8. The predicted molar refractivity (Wildman–Crippen MR) is 68.8 cm³/mol. The Bertz CT molecular complexity index is 503. The summed E-state index contributed by atoms with van der Waals surface area (Å²) in [6.45, 7) is 0.700. The number of amides is 1. The number of rotatable bonds is 6. The van der Waals surface area contributed by atoms with Gasteiger partial charge >= 0.3 is 0 Å². The Balaban J connectivity index is 2.20. The summed E-state index contributed by atoms with van der Waals surface area (Å²) >= 11 is 0. The second kappa shape index (κ2) is 6.10. The van der Waals surface area contributed by atoms with Crippen molar-refractivity contribution in [1.29, 1.82) is 0 Å². The number of aromatic nitrogens is 1. The minimum atomic E-state index is -0.314. The van der Waals surface area contributed by atoms with E-state index < -0.39 is 0 Å². The van der Waals surface area contributed by atoms with E-state index in [-0.39, 0.29) is 11.7 Å². The number of H-pyrrole nitrogens is 1.